The van der Waals surface area contributed by atoms with Crippen LogP contribution in [-0.4, -0.2) is 15.3 Å². The predicted molar refractivity (Wildman–Crippen MR) is 95.2 cm³/mol. The molecule has 0 fully saturated rings. The van der Waals surface area contributed by atoms with Crippen molar-refractivity contribution in [2.24, 2.45) is 14.1 Å². The number of amides is 1. The summed E-state index contributed by atoms with van der Waals surface area (Å²) in [5.41, 5.74) is 3.20. The van der Waals surface area contributed by atoms with E-state index in [1.54, 1.807) is 30.9 Å². The van der Waals surface area contributed by atoms with Gasteiger partial charge in [-0.1, -0.05) is 48.0 Å². The van der Waals surface area contributed by atoms with Gasteiger partial charge in [-0.3, -0.25) is 19.0 Å². The average molecular weight is 321 g/mol. The Balaban J connectivity index is 2.05. The third-order valence-electron chi connectivity index (χ3n) is 4.12. The van der Waals surface area contributed by atoms with Crippen LogP contribution >= 0.6 is 0 Å². The number of aromatic nitrogens is 2. The second-order valence-corrected chi connectivity index (χ2v) is 5.76. The minimum atomic E-state index is -0.296. The summed E-state index contributed by atoms with van der Waals surface area (Å²) in [5.74, 6) is -0.296. The van der Waals surface area contributed by atoms with Crippen molar-refractivity contribution in [3.63, 3.8) is 0 Å². The van der Waals surface area contributed by atoms with Crippen LogP contribution in [0.25, 0.3) is 11.3 Å². The number of hydrogen-bond acceptors (Lipinski definition) is 2. The average Bonchev–Trinajstić information content (AvgIpc) is 2.80. The van der Waals surface area contributed by atoms with Crippen molar-refractivity contribution in [2.75, 3.05) is 5.32 Å². The van der Waals surface area contributed by atoms with E-state index in [-0.39, 0.29) is 17.2 Å². The smallest absolute Gasteiger partial charge is 0.290 e. The zero-order chi connectivity index (χ0) is 17.3. The third-order valence-corrected chi connectivity index (χ3v) is 4.12. The quantitative estimate of drug-likeness (QED) is 0.806. The fraction of sp³-hybridized carbons (Fsp3) is 0.158. The van der Waals surface area contributed by atoms with E-state index in [9.17, 15) is 9.59 Å². The van der Waals surface area contributed by atoms with Gasteiger partial charge < -0.3 is 5.32 Å². The molecular formula is C19H19N3O2. The van der Waals surface area contributed by atoms with Crippen molar-refractivity contribution >= 4 is 11.6 Å². The molecule has 1 heterocycles. The lowest BCUT2D eigenvalue weighted by Gasteiger charge is -2.08. The highest BCUT2D eigenvalue weighted by atomic mass is 16.2. The monoisotopic (exact) mass is 321 g/mol. The zero-order valence-electron chi connectivity index (χ0n) is 13.9. The molecule has 0 aliphatic rings. The molecule has 122 valence electrons. The number of carbonyl (C=O) groups excluding carboxylic acids is 1. The Hall–Kier alpha value is -3.08. The van der Waals surface area contributed by atoms with E-state index >= 15 is 0 Å². The lowest BCUT2D eigenvalue weighted by molar-refractivity contribution is 0.102. The van der Waals surface area contributed by atoms with Gasteiger partial charge in [-0.2, -0.15) is 0 Å². The Morgan fingerprint density at radius 3 is 2.17 bits per heavy atom. The highest BCUT2D eigenvalue weighted by Gasteiger charge is 2.20. The van der Waals surface area contributed by atoms with Crippen molar-refractivity contribution in [1.29, 1.82) is 0 Å². The van der Waals surface area contributed by atoms with Gasteiger partial charge in [0, 0.05) is 25.2 Å². The first-order valence-corrected chi connectivity index (χ1v) is 7.68. The second-order valence-electron chi connectivity index (χ2n) is 5.76. The minimum absolute atomic E-state index is 0.239. The molecule has 5 heteroatoms. The summed E-state index contributed by atoms with van der Waals surface area (Å²) in [7, 11) is 3.47. The molecule has 1 aromatic heterocycles. The van der Waals surface area contributed by atoms with Gasteiger partial charge in [0.15, 0.2) is 0 Å². The van der Waals surface area contributed by atoms with Crippen LogP contribution in [0.4, 0.5) is 5.69 Å². The van der Waals surface area contributed by atoms with Crippen LogP contribution in [0.1, 0.15) is 15.9 Å². The van der Waals surface area contributed by atoms with E-state index < -0.39 is 0 Å². The third kappa shape index (κ3) is 2.76. The topological polar surface area (TPSA) is 56.0 Å². The van der Waals surface area contributed by atoms with Crippen LogP contribution in [0.2, 0.25) is 0 Å². The summed E-state index contributed by atoms with van der Waals surface area (Å²) in [6.45, 7) is 1.96. The van der Waals surface area contributed by atoms with Gasteiger partial charge in [-0.15, -0.1) is 0 Å². The highest BCUT2D eigenvalue weighted by molar-refractivity contribution is 6.05. The molecular weight excluding hydrogens is 302 g/mol. The van der Waals surface area contributed by atoms with Crippen LogP contribution in [0.15, 0.2) is 59.4 Å². The molecule has 2 aromatic carbocycles. The Morgan fingerprint density at radius 1 is 0.917 bits per heavy atom. The maximum atomic E-state index is 12.5. The Bertz CT molecular complexity index is 935. The first-order chi connectivity index (χ1) is 11.5. The maximum Gasteiger partial charge on any atom is 0.290 e. The molecule has 0 atom stereocenters. The van der Waals surface area contributed by atoms with Gasteiger partial charge in [-0.25, -0.2) is 0 Å². The molecule has 3 rings (SSSR count). The summed E-state index contributed by atoms with van der Waals surface area (Å²) in [5, 5.41) is 2.78. The lowest BCUT2D eigenvalue weighted by atomic mass is 10.1. The summed E-state index contributed by atoms with van der Waals surface area (Å²) in [6, 6.07) is 16.8. The van der Waals surface area contributed by atoms with Crippen molar-refractivity contribution in [3.05, 3.63) is 76.1 Å². The Labute approximate surface area is 140 Å². The lowest BCUT2D eigenvalue weighted by Crippen LogP contribution is -2.21. The number of benzene rings is 2. The number of carbonyl (C=O) groups is 1. The van der Waals surface area contributed by atoms with Crippen molar-refractivity contribution < 1.29 is 4.79 Å². The van der Waals surface area contributed by atoms with E-state index in [1.165, 1.54) is 4.68 Å². The fourth-order valence-electron chi connectivity index (χ4n) is 2.64. The summed E-state index contributed by atoms with van der Waals surface area (Å²) < 4.78 is 3.22. The molecule has 0 aliphatic heterocycles. The molecule has 1 amide bonds. The minimum Gasteiger partial charge on any atom is -0.315 e. The van der Waals surface area contributed by atoms with Gasteiger partial charge >= 0.3 is 0 Å². The molecule has 0 aliphatic carbocycles. The molecule has 0 bridgehead atoms. The predicted octanol–water partition coefficient (Wildman–Crippen LogP) is 2.95. The normalized spacial score (nSPS) is 10.6. The standard InChI is InChI=1S/C19H19N3O2/c1-13-9-11-15(12-10-13)18(23)20-16-17(14-7-5-4-6-8-14)21(2)22(3)19(16)24/h4-12H,1-3H3,(H,20,23). The van der Waals surface area contributed by atoms with Gasteiger partial charge in [0.05, 0.1) is 5.69 Å². The van der Waals surface area contributed by atoms with Gasteiger partial charge in [0.1, 0.15) is 5.69 Å². The molecule has 3 aromatic rings. The van der Waals surface area contributed by atoms with Crippen LogP contribution in [0.5, 0.6) is 0 Å². The SMILES string of the molecule is Cc1ccc(C(=O)Nc2c(-c3ccccc3)n(C)n(C)c2=O)cc1. The number of anilines is 1. The van der Waals surface area contributed by atoms with Crippen LogP contribution in [-0.2, 0) is 14.1 Å². The first-order valence-electron chi connectivity index (χ1n) is 7.68. The fourth-order valence-corrected chi connectivity index (χ4v) is 2.64. The summed E-state index contributed by atoms with van der Waals surface area (Å²) in [6.07, 6.45) is 0. The van der Waals surface area contributed by atoms with E-state index in [2.05, 4.69) is 5.32 Å². The molecule has 0 unspecified atom stereocenters. The van der Waals surface area contributed by atoms with Crippen LogP contribution in [0, 0.1) is 6.92 Å². The first kappa shape index (κ1) is 15.8. The van der Waals surface area contributed by atoms with Gasteiger partial charge in [0.2, 0.25) is 0 Å². The molecule has 1 N–H and O–H groups in total. The molecule has 0 saturated heterocycles. The summed E-state index contributed by atoms with van der Waals surface area (Å²) in [4.78, 5) is 25.0. The number of nitrogens with one attached hydrogen (secondary N) is 1. The van der Waals surface area contributed by atoms with Crippen molar-refractivity contribution in [1.82, 2.24) is 9.36 Å². The number of hydrogen-bond donors (Lipinski definition) is 1. The largest absolute Gasteiger partial charge is 0.315 e. The van der Waals surface area contributed by atoms with Crippen LogP contribution in [0.3, 0.4) is 0 Å². The van der Waals surface area contributed by atoms with Crippen molar-refractivity contribution in [3.8, 4) is 11.3 Å². The van der Waals surface area contributed by atoms with E-state index in [0.29, 0.717) is 11.3 Å². The number of nitrogens with zero attached hydrogens (tertiary/aromatic N) is 2. The maximum absolute atomic E-state index is 12.5. The molecule has 0 radical (unpaired) electrons. The molecule has 0 spiro atoms. The van der Waals surface area contributed by atoms with E-state index in [4.69, 9.17) is 0 Å². The number of rotatable bonds is 3. The molecule has 24 heavy (non-hydrogen) atoms. The van der Waals surface area contributed by atoms with Gasteiger partial charge in [-0.05, 0) is 19.1 Å². The molecule has 5 nitrogen and oxygen atoms in total. The molecule has 0 saturated carbocycles. The Kier molecular flexibility index (Phi) is 4.08. The van der Waals surface area contributed by atoms with Crippen molar-refractivity contribution in [2.45, 2.75) is 6.92 Å². The number of aryl methyl sites for hydroxylation is 1. The van der Waals surface area contributed by atoms with Gasteiger partial charge in [0.25, 0.3) is 11.5 Å². The van der Waals surface area contributed by atoms with Crippen LogP contribution < -0.4 is 10.9 Å². The summed E-state index contributed by atoms with van der Waals surface area (Å²) >= 11 is 0. The highest BCUT2D eigenvalue weighted by Crippen LogP contribution is 2.25. The second kappa shape index (κ2) is 6.20. The van der Waals surface area contributed by atoms with E-state index in [0.717, 1.165) is 11.1 Å². The van der Waals surface area contributed by atoms with E-state index in [1.807, 2.05) is 49.4 Å². The Morgan fingerprint density at radius 2 is 1.54 bits per heavy atom. The zero-order valence-corrected chi connectivity index (χ0v) is 13.9.